The highest BCUT2D eigenvalue weighted by molar-refractivity contribution is 9.10. The number of nitrogens with zero attached hydrogens (tertiary/aromatic N) is 2. The van der Waals surface area contributed by atoms with Gasteiger partial charge in [-0.1, -0.05) is 39.1 Å². The van der Waals surface area contributed by atoms with Crippen LogP contribution >= 0.6 is 39.1 Å². The van der Waals surface area contributed by atoms with Crippen LogP contribution in [0.3, 0.4) is 0 Å². The van der Waals surface area contributed by atoms with E-state index in [1.165, 1.54) is 0 Å². The molecule has 0 radical (unpaired) electrons. The predicted octanol–water partition coefficient (Wildman–Crippen LogP) is 4.16. The molecule has 0 fully saturated rings. The minimum atomic E-state index is 0.474. The third-order valence-electron chi connectivity index (χ3n) is 2.05. The number of anilines is 1. The summed E-state index contributed by atoms with van der Waals surface area (Å²) in [4.78, 5) is 8.20. The molecule has 0 amide bonds. The maximum Gasteiger partial charge on any atom is 0.147 e. The van der Waals surface area contributed by atoms with Gasteiger partial charge in [-0.2, -0.15) is 0 Å². The molecule has 0 unspecified atom stereocenters. The van der Waals surface area contributed by atoms with Crippen LogP contribution < -0.4 is 5.32 Å². The molecule has 0 aliphatic carbocycles. The molecule has 6 heteroatoms. The van der Waals surface area contributed by atoms with Crippen molar-refractivity contribution in [3.63, 3.8) is 0 Å². The topological polar surface area (TPSA) is 37.8 Å². The second-order valence-corrected chi connectivity index (χ2v) is 4.99. The van der Waals surface area contributed by atoms with E-state index in [2.05, 4.69) is 31.2 Å². The Balaban J connectivity index is 2.15. The van der Waals surface area contributed by atoms with Gasteiger partial charge in [-0.05, 0) is 18.2 Å². The molecule has 1 heterocycles. The Morgan fingerprint density at radius 2 is 1.71 bits per heavy atom. The first-order valence-electron chi connectivity index (χ1n) is 4.81. The third kappa shape index (κ3) is 3.31. The van der Waals surface area contributed by atoms with Gasteiger partial charge in [-0.15, -0.1) is 0 Å². The van der Waals surface area contributed by atoms with E-state index in [1.807, 2.05) is 0 Å². The fraction of sp³-hybridized carbons (Fsp3) is 0.0909. The molecule has 0 saturated carbocycles. The van der Waals surface area contributed by atoms with Gasteiger partial charge in [-0.3, -0.25) is 0 Å². The molecule has 0 spiro atoms. The van der Waals surface area contributed by atoms with Crippen LogP contribution in [0.25, 0.3) is 0 Å². The zero-order valence-electron chi connectivity index (χ0n) is 8.62. The molecule has 17 heavy (non-hydrogen) atoms. The van der Waals surface area contributed by atoms with E-state index in [9.17, 15) is 0 Å². The van der Waals surface area contributed by atoms with Crippen molar-refractivity contribution >= 4 is 44.8 Å². The fourth-order valence-corrected chi connectivity index (χ4v) is 2.64. The average Bonchev–Trinajstić information content (AvgIpc) is 2.29. The lowest BCUT2D eigenvalue weighted by Gasteiger charge is -2.10. The van der Waals surface area contributed by atoms with Crippen LogP contribution in [0, 0.1) is 0 Å². The third-order valence-corrected chi connectivity index (χ3v) is 3.10. The van der Waals surface area contributed by atoms with Crippen LogP contribution in [0.15, 0.2) is 35.1 Å². The normalized spacial score (nSPS) is 10.3. The van der Waals surface area contributed by atoms with Crippen molar-refractivity contribution in [2.75, 3.05) is 5.32 Å². The molecular formula is C11H8BrCl2N3. The van der Waals surface area contributed by atoms with E-state index >= 15 is 0 Å². The number of nitrogens with one attached hydrogen (secondary N) is 1. The van der Waals surface area contributed by atoms with E-state index in [4.69, 9.17) is 23.2 Å². The summed E-state index contributed by atoms with van der Waals surface area (Å²) in [5.41, 5.74) is 0.684. The van der Waals surface area contributed by atoms with Crippen LogP contribution in [0.1, 0.15) is 5.82 Å². The zero-order chi connectivity index (χ0) is 12.3. The van der Waals surface area contributed by atoms with E-state index in [-0.39, 0.29) is 0 Å². The number of aromatic nitrogens is 2. The first-order valence-corrected chi connectivity index (χ1v) is 6.36. The molecule has 2 aromatic rings. The summed E-state index contributed by atoms with van der Waals surface area (Å²) in [6.07, 6.45) is 3.38. The maximum atomic E-state index is 6.08. The SMILES string of the molecule is Clc1cc(Br)cc(Cl)c1NCc1ncccn1. The van der Waals surface area contributed by atoms with Gasteiger partial charge in [0.05, 0.1) is 22.3 Å². The molecule has 1 aromatic heterocycles. The predicted molar refractivity (Wildman–Crippen MR) is 73.5 cm³/mol. The zero-order valence-corrected chi connectivity index (χ0v) is 11.7. The van der Waals surface area contributed by atoms with Crippen LogP contribution in [-0.4, -0.2) is 9.97 Å². The monoisotopic (exact) mass is 331 g/mol. The van der Waals surface area contributed by atoms with Crippen molar-refractivity contribution in [1.82, 2.24) is 9.97 Å². The Bertz CT molecular complexity index is 496. The molecule has 2 rings (SSSR count). The van der Waals surface area contributed by atoms with Crippen LogP contribution in [0.2, 0.25) is 10.0 Å². The van der Waals surface area contributed by atoms with Crippen molar-refractivity contribution in [2.24, 2.45) is 0 Å². The number of benzene rings is 1. The number of hydrogen-bond acceptors (Lipinski definition) is 3. The molecule has 0 bridgehead atoms. The van der Waals surface area contributed by atoms with Crippen LogP contribution in [0.5, 0.6) is 0 Å². The van der Waals surface area contributed by atoms with Crippen molar-refractivity contribution in [3.8, 4) is 0 Å². The molecule has 0 atom stereocenters. The molecule has 3 nitrogen and oxygen atoms in total. The highest BCUT2D eigenvalue weighted by atomic mass is 79.9. The molecule has 1 N–H and O–H groups in total. The van der Waals surface area contributed by atoms with E-state index in [0.717, 1.165) is 4.47 Å². The summed E-state index contributed by atoms with van der Waals surface area (Å²) in [6.45, 7) is 0.474. The van der Waals surface area contributed by atoms with Crippen LogP contribution in [0.4, 0.5) is 5.69 Å². The summed E-state index contributed by atoms with van der Waals surface area (Å²) >= 11 is 15.5. The fourth-order valence-electron chi connectivity index (χ4n) is 1.30. The standard InChI is InChI=1S/C11H8BrCl2N3/c12-7-4-8(13)11(9(14)5-7)17-6-10-15-2-1-3-16-10/h1-5,17H,6H2. The molecular weight excluding hydrogens is 325 g/mol. The largest absolute Gasteiger partial charge is 0.375 e. The second kappa shape index (κ2) is 5.67. The maximum absolute atomic E-state index is 6.08. The van der Waals surface area contributed by atoms with E-state index in [0.29, 0.717) is 28.1 Å². The van der Waals surface area contributed by atoms with Gasteiger partial charge < -0.3 is 5.32 Å². The highest BCUT2D eigenvalue weighted by Gasteiger charge is 2.07. The molecule has 0 aliphatic heterocycles. The van der Waals surface area contributed by atoms with Gasteiger partial charge in [-0.25, -0.2) is 9.97 Å². The minimum absolute atomic E-state index is 0.474. The van der Waals surface area contributed by atoms with Gasteiger partial charge in [0.25, 0.3) is 0 Å². The number of rotatable bonds is 3. The quantitative estimate of drug-likeness (QED) is 0.917. The average molecular weight is 333 g/mol. The van der Waals surface area contributed by atoms with Gasteiger partial charge >= 0.3 is 0 Å². The molecule has 0 aliphatic rings. The van der Waals surface area contributed by atoms with Gasteiger partial charge in [0.2, 0.25) is 0 Å². The van der Waals surface area contributed by atoms with Gasteiger partial charge in [0, 0.05) is 16.9 Å². The Kier molecular flexibility index (Phi) is 4.20. The van der Waals surface area contributed by atoms with Gasteiger partial charge in [0.1, 0.15) is 5.82 Å². The van der Waals surface area contributed by atoms with Gasteiger partial charge in [0.15, 0.2) is 0 Å². The lowest BCUT2D eigenvalue weighted by Crippen LogP contribution is -2.04. The lowest BCUT2D eigenvalue weighted by molar-refractivity contribution is 0.948. The second-order valence-electron chi connectivity index (χ2n) is 3.26. The lowest BCUT2D eigenvalue weighted by atomic mass is 10.3. The Morgan fingerprint density at radius 1 is 1.12 bits per heavy atom. The molecule has 88 valence electrons. The Hall–Kier alpha value is -0.840. The number of halogens is 3. The van der Waals surface area contributed by atoms with E-state index < -0.39 is 0 Å². The highest BCUT2D eigenvalue weighted by Crippen LogP contribution is 2.33. The Labute approximate surface area is 117 Å². The minimum Gasteiger partial charge on any atom is -0.375 e. The smallest absolute Gasteiger partial charge is 0.147 e. The molecule has 0 saturated heterocycles. The van der Waals surface area contributed by atoms with E-state index in [1.54, 1.807) is 30.6 Å². The number of hydrogen-bond donors (Lipinski definition) is 1. The van der Waals surface area contributed by atoms with Crippen molar-refractivity contribution in [1.29, 1.82) is 0 Å². The Morgan fingerprint density at radius 3 is 2.29 bits per heavy atom. The van der Waals surface area contributed by atoms with Crippen LogP contribution in [-0.2, 0) is 6.54 Å². The van der Waals surface area contributed by atoms with Crippen molar-refractivity contribution < 1.29 is 0 Å². The summed E-state index contributed by atoms with van der Waals surface area (Å²) in [5.74, 6) is 0.683. The summed E-state index contributed by atoms with van der Waals surface area (Å²) in [7, 11) is 0. The summed E-state index contributed by atoms with van der Waals surface area (Å²) in [5, 5.41) is 4.23. The van der Waals surface area contributed by atoms with Crippen molar-refractivity contribution in [2.45, 2.75) is 6.54 Å². The molecule has 1 aromatic carbocycles. The summed E-state index contributed by atoms with van der Waals surface area (Å²) in [6, 6.07) is 5.33. The summed E-state index contributed by atoms with van der Waals surface area (Å²) < 4.78 is 0.842. The van der Waals surface area contributed by atoms with Crippen molar-refractivity contribution in [3.05, 3.63) is 50.9 Å². The first kappa shape index (κ1) is 12.6. The first-order chi connectivity index (χ1) is 8.16.